The minimum absolute atomic E-state index is 0.0314. The van der Waals surface area contributed by atoms with Crippen molar-refractivity contribution in [3.8, 4) is 0 Å². The van der Waals surface area contributed by atoms with Crippen LogP contribution in [0.4, 0.5) is 4.39 Å². The Hall–Kier alpha value is -3.48. The number of fused-ring (bicyclic) bond motifs is 1. The van der Waals surface area contributed by atoms with Crippen LogP contribution in [-0.2, 0) is 4.79 Å². The van der Waals surface area contributed by atoms with Crippen LogP contribution < -0.4 is 0 Å². The highest BCUT2D eigenvalue weighted by Gasteiger charge is 2.35. The average Bonchev–Trinajstić information content (AvgIpc) is 3.23. The third-order valence-electron chi connectivity index (χ3n) is 5.62. The Morgan fingerprint density at radius 1 is 1.07 bits per heavy atom. The van der Waals surface area contributed by atoms with Gasteiger partial charge in [-0.25, -0.2) is 4.39 Å². The van der Waals surface area contributed by atoms with Gasteiger partial charge in [0.05, 0.1) is 5.56 Å². The molecule has 1 aliphatic rings. The number of H-pyrrole nitrogens is 1. The molecular formula is C23H22FN3O3. The Balaban J connectivity index is 1.52. The van der Waals surface area contributed by atoms with Crippen molar-refractivity contribution >= 4 is 28.5 Å². The molecule has 0 radical (unpaired) electrons. The molecule has 1 fully saturated rings. The zero-order chi connectivity index (χ0) is 21.3. The highest BCUT2D eigenvalue weighted by atomic mass is 19.1. The number of carbonyl (C=O) groups excluding carboxylic acids is 3. The summed E-state index contributed by atoms with van der Waals surface area (Å²) < 4.78 is 14.2. The molecule has 6 nitrogen and oxygen atoms in total. The molecule has 4 rings (SSSR count). The fourth-order valence-electron chi connectivity index (χ4n) is 3.98. The smallest absolute Gasteiger partial charge is 0.295 e. The van der Waals surface area contributed by atoms with Gasteiger partial charge in [0.25, 0.3) is 17.6 Å². The maximum Gasteiger partial charge on any atom is 0.295 e. The second-order valence-electron chi connectivity index (χ2n) is 7.37. The summed E-state index contributed by atoms with van der Waals surface area (Å²) in [6.07, 6.45) is 2.03. The predicted octanol–water partition coefficient (Wildman–Crippen LogP) is 3.25. The summed E-state index contributed by atoms with van der Waals surface area (Å²) in [7, 11) is 0. The van der Waals surface area contributed by atoms with Crippen LogP contribution in [0.25, 0.3) is 10.9 Å². The maximum absolute atomic E-state index is 14.2. The van der Waals surface area contributed by atoms with E-state index in [1.54, 1.807) is 29.2 Å². The monoisotopic (exact) mass is 407 g/mol. The van der Waals surface area contributed by atoms with Crippen molar-refractivity contribution in [2.75, 3.05) is 19.6 Å². The van der Waals surface area contributed by atoms with Crippen molar-refractivity contribution in [1.82, 2.24) is 14.8 Å². The molecule has 2 amide bonds. The third-order valence-corrected chi connectivity index (χ3v) is 5.62. The van der Waals surface area contributed by atoms with Crippen LogP contribution in [0, 0.1) is 5.82 Å². The summed E-state index contributed by atoms with van der Waals surface area (Å²) in [6, 6.07) is 13.3. The Morgan fingerprint density at radius 3 is 2.57 bits per heavy atom. The molecule has 2 aromatic carbocycles. The first-order valence-electron chi connectivity index (χ1n) is 9.96. The molecule has 30 heavy (non-hydrogen) atoms. The lowest BCUT2D eigenvalue weighted by Gasteiger charge is -2.41. The summed E-state index contributed by atoms with van der Waals surface area (Å²) in [5.41, 5.74) is 1.10. The van der Waals surface area contributed by atoms with E-state index in [0.717, 1.165) is 0 Å². The molecule has 0 aliphatic carbocycles. The maximum atomic E-state index is 14.2. The SMILES string of the molecule is CCC1CN(C(=O)C(=O)c2c[nH]c3cccc(F)c23)CCN1C(=O)c1ccccc1. The highest BCUT2D eigenvalue weighted by molar-refractivity contribution is 6.44. The molecule has 1 aromatic heterocycles. The number of carbonyl (C=O) groups is 3. The van der Waals surface area contributed by atoms with Gasteiger partial charge in [0, 0.05) is 48.3 Å². The normalized spacial score (nSPS) is 16.7. The van der Waals surface area contributed by atoms with E-state index in [2.05, 4.69) is 4.98 Å². The van der Waals surface area contributed by atoms with Crippen LogP contribution in [0.1, 0.15) is 34.1 Å². The van der Waals surface area contributed by atoms with Gasteiger partial charge in [-0.3, -0.25) is 14.4 Å². The summed E-state index contributed by atoms with van der Waals surface area (Å²) in [6.45, 7) is 2.81. The first-order chi connectivity index (χ1) is 14.5. The van der Waals surface area contributed by atoms with Gasteiger partial charge in [-0.15, -0.1) is 0 Å². The number of aromatic amines is 1. The van der Waals surface area contributed by atoms with Gasteiger partial charge in [-0.2, -0.15) is 0 Å². The fourth-order valence-corrected chi connectivity index (χ4v) is 3.98. The molecule has 1 atom stereocenters. The number of rotatable bonds is 4. The number of aromatic nitrogens is 1. The Labute approximate surface area is 173 Å². The van der Waals surface area contributed by atoms with E-state index in [1.165, 1.54) is 17.2 Å². The second kappa shape index (κ2) is 8.10. The molecule has 0 spiro atoms. The van der Waals surface area contributed by atoms with Crippen molar-refractivity contribution in [3.05, 3.63) is 71.7 Å². The van der Waals surface area contributed by atoms with Crippen molar-refractivity contribution in [1.29, 1.82) is 0 Å². The molecular weight excluding hydrogens is 385 g/mol. The van der Waals surface area contributed by atoms with Gasteiger partial charge in [-0.05, 0) is 30.7 Å². The van der Waals surface area contributed by atoms with Gasteiger partial charge in [0.15, 0.2) is 0 Å². The Morgan fingerprint density at radius 2 is 1.83 bits per heavy atom. The second-order valence-corrected chi connectivity index (χ2v) is 7.37. The lowest BCUT2D eigenvalue weighted by molar-refractivity contribution is -0.128. The molecule has 2 heterocycles. The molecule has 154 valence electrons. The zero-order valence-electron chi connectivity index (χ0n) is 16.6. The van der Waals surface area contributed by atoms with E-state index < -0.39 is 17.5 Å². The van der Waals surface area contributed by atoms with Crippen LogP contribution >= 0.6 is 0 Å². The molecule has 0 bridgehead atoms. The fraction of sp³-hybridized carbons (Fsp3) is 0.261. The zero-order valence-corrected chi connectivity index (χ0v) is 16.6. The number of nitrogens with zero attached hydrogens (tertiary/aromatic N) is 2. The predicted molar refractivity (Wildman–Crippen MR) is 111 cm³/mol. The Kier molecular flexibility index (Phi) is 5.35. The van der Waals surface area contributed by atoms with Crippen molar-refractivity contribution in [2.24, 2.45) is 0 Å². The Bertz CT molecular complexity index is 1110. The van der Waals surface area contributed by atoms with Crippen molar-refractivity contribution in [3.63, 3.8) is 0 Å². The molecule has 3 aromatic rings. The summed E-state index contributed by atoms with van der Waals surface area (Å²) >= 11 is 0. The lowest BCUT2D eigenvalue weighted by atomic mass is 10.0. The lowest BCUT2D eigenvalue weighted by Crippen LogP contribution is -2.57. The first kappa shape index (κ1) is 19.8. The van der Waals surface area contributed by atoms with Crippen LogP contribution in [-0.4, -0.2) is 58.1 Å². The number of Topliss-reactive ketones (excluding diaryl/α,β-unsaturated/α-hetero) is 1. The minimum Gasteiger partial charge on any atom is -0.360 e. The molecule has 1 saturated heterocycles. The number of amides is 2. The van der Waals surface area contributed by atoms with Crippen molar-refractivity contribution in [2.45, 2.75) is 19.4 Å². The number of nitrogens with one attached hydrogen (secondary N) is 1. The molecule has 1 unspecified atom stereocenters. The van der Waals surface area contributed by atoms with E-state index in [4.69, 9.17) is 0 Å². The number of ketones is 1. The summed E-state index contributed by atoms with van der Waals surface area (Å²) in [5, 5.41) is 0.126. The minimum atomic E-state index is -0.746. The van der Waals surface area contributed by atoms with Crippen LogP contribution in [0.15, 0.2) is 54.7 Å². The number of hydrogen-bond acceptors (Lipinski definition) is 3. The number of halogens is 1. The van der Waals surface area contributed by atoms with E-state index >= 15 is 0 Å². The van der Waals surface area contributed by atoms with Gasteiger partial charge in [0.2, 0.25) is 0 Å². The quantitative estimate of drug-likeness (QED) is 0.533. The van der Waals surface area contributed by atoms with Gasteiger partial charge < -0.3 is 14.8 Å². The average molecular weight is 407 g/mol. The number of hydrogen-bond donors (Lipinski definition) is 1. The first-order valence-corrected chi connectivity index (χ1v) is 9.96. The van der Waals surface area contributed by atoms with E-state index in [-0.39, 0.29) is 36.0 Å². The summed E-state index contributed by atoms with van der Waals surface area (Å²) in [4.78, 5) is 44.7. The largest absolute Gasteiger partial charge is 0.360 e. The molecule has 1 N–H and O–H groups in total. The summed E-state index contributed by atoms with van der Waals surface area (Å²) in [5.74, 6) is -2.05. The van der Waals surface area contributed by atoms with Crippen LogP contribution in [0.5, 0.6) is 0 Å². The number of piperazine rings is 1. The molecule has 0 saturated carbocycles. The highest BCUT2D eigenvalue weighted by Crippen LogP contribution is 2.23. The van der Waals surface area contributed by atoms with Crippen LogP contribution in [0.3, 0.4) is 0 Å². The van der Waals surface area contributed by atoms with E-state index in [1.807, 2.05) is 25.1 Å². The molecule has 1 aliphatic heterocycles. The van der Waals surface area contributed by atoms with E-state index in [9.17, 15) is 18.8 Å². The van der Waals surface area contributed by atoms with Gasteiger partial charge >= 0.3 is 0 Å². The standard InChI is InChI=1S/C23H22FN3O3/c1-2-16-14-26(11-12-27(16)22(29)15-7-4-3-5-8-15)23(30)21(28)17-13-25-19-10-6-9-18(24)20(17)19/h3-10,13,16,25H,2,11-12,14H2,1H3. The molecule has 7 heteroatoms. The van der Waals surface area contributed by atoms with Crippen LogP contribution in [0.2, 0.25) is 0 Å². The van der Waals surface area contributed by atoms with Gasteiger partial charge in [0.1, 0.15) is 5.82 Å². The topological polar surface area (TPSA) is 73.5 Å². The number of benzene rings is 2. The third kappa shape index (κ3) is 3.47. The van der Waals surface area contributed by atoms with Crippen molar-refractivity contribution < 1.29 is 18.8 Å². The van der Waals surface area contributed by atoms with E-state index in [0.29, 0.717) is 24.0 Å². The van der Waals surface area contributed by atoms with Gasteiger partial charge in [-0.1, -0.05) is 31.2 Å².